The van der Waals surface area contributed by atoms with Crippen molar-refractivity contribution in [3.8, 4) is 5.75 Å². The zero-order valence-electron chi connectivity index (χ0n) is 24.7. The lowest BCUT2D eigenvalue weighted by atomic mass is 9.86. The third kappa shape index (κ3) is 6.50. The standard InChI is InChI=1S/C34H43N5O2/c1-33(2,3)27-12-10-26(11-13-27)24-39-23-19-34(41-30-7-5-4-6-29(30)39)17-21-38(22-18-34)31-15-14-28(36-37-31)32(40)35-20-16-25-8-9-25/h4-7,10-15,25H,8-9,16-24H2,1-3H3,(H,35,40). The summed E-state index contributed by atoms with van der Waals surface area (Å²) in [5, 5.41) is 11.6. The first-order chi connectivity index (χ1) is 19.8. The minimum Gasteiger partial charge on any atom is -0.485 e. The number of piperidine rings is 1. The molecule has 216 valence electrons. The quantitative estimate of drug-likeness (QED) is 0.379. The van der Waals surface area contributed by atoms with Crippen LogP contribution in [0.15, 0.2) is 60.7 Å². The molecule has 0 unspecified atom stereocenters. The van der Waals surface area contributed by atoms with Crippen LogP contribution in [0.4, 0.5) is 11.5 Å². The highest BCUT2D eigenvalue weighted by molar-refractivity contribution is 5.92. The number of aromatic nitrogens is 2. The number of amides is 1. The first-order valence-electron chi connectivity index (χ1n) is 15.3. The Morgan fingerprint density at radius 1 is 0.951 bits per heavy atom. The summed E-state index contributed by atoms with van der Waals surface area (Å²) in [7, 11) is 0. The third-order valence-corrected chi connectivity index (χ3v) is 8.98. The molecule has 1 aliphatic carbocycles. The zero-order chi connectivity index (χ0) is 28.5. The lowest BCUT2D eigenvalue weighted by Gasteiger charge is -2.41. The number of fused-ring (bicyclic) bond motifs is 1. The van der Waals surface area contributed by atoms with E-state index in [1.54, 1.807) is 6.07 Å². The van der Waals surface area contributed by atoms with E-state index in [1.165, 1.54) is 29.7 Å². The lowest BCUT2D eigenvalue weighted by Crippen LogP contribution is -2.49. The van der Waals surface area contributed by atoms with E-state index in [0.29, 0.717) is 12.2 Å². The maximum atomic E-state index is 12.4. The Labute approximate surface area is 244 Å². The SMILES string of the molecule is CC(C)(C)c1ccc(CN2CCC3(CCN(c4ccc(C(=O)NCCC5CC5)nn4)CC3)Oc3ccccc32)cc1. The van der Waals surface area contributed by atoms with Crippen LogP contribution >= 0.6 is 0 Å². The van der Waals surface area contributed by atoms with Gasteiger partial charge in [0.2, 0.25) is 0 Å². The molecule has 3 aliphatic rings. The van der Waals surface area contributed by atoms with Crippen molar-refractivity contribution < 1.29 is 9.53 Å². The Bertz CT molecular complexity index is 1340. The molecule has 3 aromatic rings. The van der Waals surface area contributed by atoms with Crippen LogP contribution in [0, 0.1) is 5.92 Å². The molecule has 1 spiro atoms. The van der Waals surface area contributed by atoms with E-state index in [0.717, 1.165) is 69.3 Å². The molecule has 41 heavy (non-hydrogen) atoms. The highest BCUT2D eigenvalue weighted by atomic mass is 16.5. The number of benzene rings is 2. The van der Waals surface area contributed by atoms with Gasteiger partial charge in [-0.25, -0.2) is 0 Å². The van der Waals surface area contributed by atoms with Crippen LogP contribution in [0.1, 0.15) is 80.9 Å². The molecule has 0 bridgehead atoms. The summed E-state index contributed by atoms with van der Waals surface area (Å²) in [5.41, 5.74) is 4.18. The molecule has 7 heteroatoms. The second-order valence-corrected chi connectivity index (χ2v) is 13.1. The summed E-state index contributed by atoms with van der Waals surface area (Å²) in [6.07, 6.45) is 6.46. The van der Waals surface area contributed by atoms with Gasteiger partial charge in [0, 0.05) is 52.0 Å². The average molecular weight is 554 g/mol. The van der Waals surface area contributed by atoms with Crippen molar-refractivity contribution in [2.24, 2.45) is 5.92 Å². The number of rotatable bonds is 7. The van der Waals surface area contributed by atoms with Gasteiger partial charge in [0.25, 0.3) is 5.91 Å². The van der Waals surface area contributed by atoms with E-state index in [2.05, 4.69) is 94.6 Å². The van der Waals surface area contributed by atoms with Crippen molar-refractivity contribution >= 4 is 17.4 Å². The largest absolute Gasteiger partial charge is 0.485 e. The summed E-state index contributed by atoms with van der Waals surface area (Å²) in [6, 6.07) is 21.3. The molecule has 0 radical (unpaired) electrons. The predicted octanol–water partition coefficient (Wildman–Crippen LogP) is 6.13. The van der Waals surface area contributed by atoms with E-state index >= 15 is 0 Å². The zero-order valence-corrected chi connectivity index (χ0v) is 24.7. The second kappa shape index (κ2) is 11.3. The van der Waals surface area contributed by atoms with Gasteiger partial charge < -0.3 is 19.9 Å². The first-order valence-corrected chi connectivity index (χ1v) is 15.3. The van der Waals surface area contributed by atoms with Gasteiger partial charge in [0.15, 0.2) is 11.5 Å². The number of nitrogens with zero attached hydrogens (tertiary/aromatic N) is 4. The van der Waals surface area contributed by atoms with Crippen LogP contribution in [-0.4, -0.2) is 47.9 Å². The molecule has 1 N–H and O–H groups in total. The van der Waals surface area contributed by atoms with E-state index < -0.39 is 0 Å². The van der Waals surface area contributed by atoms with E-state index in [9.17, 15) is 4.79 Å². The maximum Gasteiger partial charge on any atom is 0.271 e. The van der Waals surface area contributed by atoms with E-state index in [-0.39, 0.29) is 16.9 Å². The van der Waals surface area contributed by atoms with Gasteiger partial charge in [-0.15, -0.1) is 10.2 Å². The van der Waals surface area contributed by atoms with Crippen LogP contribution in [-0.2, 0) is 12.0 Å². The number of nitrogens with one attached hydrogen (secondary N) is 1. The third-order valence-electron chi connectivity index (χ3n) is 8.98. The monoisotopic (exact) mass is 553 g/mol. The molecular weight excluding hydrogens is 510 g/mol. The van der Waals surface area contributed by atoms with Crippen LogP contribution in [0.5, 0.6) is 5.75 Å². The van der Waals surface area contributed by atoms with Gasteiger partial charge in [-0.1, -0.05) is 70.0 Å². The molecule has 3 heterocycles. The molecule has 1 aromatic heterocycles. The fraction of sp³-hybridized carbons (Fsp3) is 0.500. The second-order valence-electron chi connectivity index (χ2n) is 13.1. The Hall–Kier alpha value is -3.61. The fourth-order valence-corrected chi connectivity index (χ4v) is 6.04. The fourth-order valence-electron chi connectivity index (χ4n) is 6.04. The van der Waals surface area contributed by atoms with Gasteiger partial charge >= 0.3 is 0 Å². The summed E-state index contributed by atoms with van der Waals surface area (Å²) in [5.74, 6) is 2.46. The average Bonchev–Trinajstić information content (AvgIpc) is 3.81. The normalized spacial score (nSPS) is 18.4. The molecule has 1 saturated carbocycles. The van der Waals surface area contributed by atoms with Crippen LogP contribution in [0.25, 0.3) is 0 Å². The van der Waals surface area contributed by atoms with Gasteiger partial charge in [-0.2, -0.15) is 0 Å². The number of hydrogen-bond acceptors (Lipinski definition) is 6. The van der Waals surface area contributed by atoms with Crippen molar-refractivity contribution in [3.05, 3.63) is 77.5 Å². The van der Waals surface area contributed by atoms with Gasteiger partial charge in [0.1, 0.15) is 11.4 Å². The predicted molar refractivity (Wildman–Crippen MR) is 164 cm³/mol. The summed E-state index contributed by atoms with van der Waals surface area (Å²) in [4.78, 5) is 17.2. The van der Waals surface area contributed by atoms with Crippen LogP contribution in [0.2, 0.25) is 0 Å². The highest BCUT2D eigenvalue weighted by Gasteiger charge is 2.40. The lowest BCUT2D eigenvalue weighted by molar-refractivity contribution is 0.0410. The molecule has 7 nitrogen and oxygen atoms in total. The van der Waals surface area contributed by atoms with E-state index in [4.69, 9.17) is 4.74 Å². The molecule has 1 saturated heterocycles. The summed E-state index contributed by atoms with van der Waals surface area (Å²) < 4.78 is 6.85. The molecule has 6 rings (SSSR count). The number of carbonyl (C=O) groups is 1. The minimum atomic E-state index is -0.202. The topological polar surface area (TPSA) is 70.6 Å². The van der Waals surface area contributed by atoms with Crippen molar-refractivity contribution in [1.29, 1.82) is 0 Å². The molecule has 2 aromatic carbocycles. The van der Waals surface area contributed by atoms with Gasteiger partial charge in [-0.3, -0.25) is 4.79 Å². The molecule has 1 amide bonds. The molecular formula is C34H43N5O2. The summed E-state index contributed by atoms with van der Waals surface area (Å²) in [6.45, 7) is 11.0. The number of carbonyl (C=O) groups excluding carboxylic acids is 1. The Morgan fingerprint density at radius 3 is 2.37 bits per heavy atom. The molecule has 2 aliphatic heterocycles. The minimum absolute atomic E-state index is 0.137. The van der Waals surface area contributed by atoms with Crippen LogP contribution in [0.3, 0.4) is 0 Å². The first kappa shape index (κ1) is 27.6. The Kier molecular flexibility index (Phi) is 7.62. The number of anilines is 2. The van der Waals surface area contributed by atoms with Crippen molar-refractivity contribution in [3.63, 3.8) is 0 Å². The highest BCUT2D eigenvalue weighted by Crippen LogP contribution is 2.41. The number of hydrogen-bond donors (Lipinski definition) is 1. The Morgan fingerprint density at radius 2 is 1.68 bits per heavy atom. The molecule has 0 atom stereocenters. The van der Waals surface area contributed by atoms with Gasteiger partial charge in [0.05, 0.1) is 5.69 Å². The van der Waals surface area contributed by atoms with Crippen molar-refractivity contribution in [2.75, 3.05) is 36.0 Å². The smallest absolute Gasteiger partial charge is 0.271 e. The van der Waals surface area contributed by atoms with Crippen LogP contribution < -0.4 is 19.9 Å². The van der Waals surface area contributed by atoms with Crippen molar-refractivity contribution in [2.45, 2.75) is 76.9 Å². The van der Waals surface area contributed by atoms with Crippen molar-refractivity contribution in [1.82, 2.24) is 15.5 Å². The van der Waals surface area contributed by atoms with E-state index in [1.807, 2.05) is 6.07 Å². The summed E-state index contributed by atoms with van der Waals surface area (Å²) >= 11 is 0. The number of ether oxygens (including phenoxy) is 1. The molecule has 2 fully saturated rings. The Balaban J connectivity index is 1.09. The maximum absolute atomic E-state index is 12.4. The number of para-hydroxylation sites is 2. The van der Waals surface area contributed by atoms with Gasteiger partial charge in [-0.05, 0) is 53.1 Å².